The van der Waals surface area contributed by atoms with Crippen LogP contribution in [-0.4, -0.2) is 5.16 Å². The smallest absolute Gasteiger partial charge is 0.172 e. The second kappa shape index (κ2) is 4.39. The molecule has 0 radical (unpaired) electrons. The third-order valence-corrected chi connectivity index (χ3v) is 2.86. The van der Waals surface area contributed by atoms with Gasteiger partial charge in [0.1, 0.15) is 5.76 Å². The summed E-state index contributed by atoms with van der Waals surface area (Å²) < 4.78 is 5.10. The standard InChI is InChI=1S/C13H16N2O/c1-9-6-4-5-7-12(9)8-14-13-10(2)11(3)16-15-13/h4-7H,8H2,1-3H3,(H,14,15). The first kappa shape index (κ1) is 10.7. The highest BCUT2D eigenvalue weighted by Gasteiger charge is 2.07. The molecule has 2 rings (SSSR count). The maximum atomic E-state index is 5.10. The molecule has 2 aromatic rings. The van der Waals surface area contributed by atoms with Crippen LogP contribution in [0.4, 0.5) is 5.82 Å². The van der Waals surface area contributed by atoms with Crippen molar-refractivity contribution in [1.29, 1.82) is 0 Å². The molecule has 0 atom stereocenters. The molecule has 0 saturated heterocycles. The number of hydrogen-bond donors (Lipinski definition) is 1. The molecule has 3 nitrogen and oxygen atoms in total. The molecule has 0 saturated carbocycles. The molecule has 1 aromatic carbocycles. The molecule has 0 aliphatic heterocycles. The van der Waals surface area contributed by atoms with Gasteiger partial charge in [-0.15, -0.1) is 0 Å². The maximum absolute atomic E-state index is 5.10. The van der Waals surface area contributed by atoms with Gasteiger partial charge in [0.05, 0.1) is 0 Å². The van der Waals surface area contributed by atoms with E-state index in [4.69, 9.17) is 4.52 Å². The van der Waals surface area contributed by atoms with Gasteiger partial charge in [-0.05, 0) is 31.9 Å². The summed E-state index contributed by atoms with van der Waals surface area (Å²) in [7, 11) is 0. The van der Waals surface area contributed by atoms with Crippen LogP contribution in [0.1, 0.15) is 22.5 Å². The van der Waals surface area contributed by atoms with Crippen LogP contribution in [0.2, 0.25) is 0 Å². The van der Waals surface area contributed by atoms with Crippen LogP contribution in [0.25, 0.3) is 0 Å². The van der Waals surface area contributed by atoms with Crippen LogP contribution in [0.15, 0.2) is 28.8 Å². The Bertz CT molecular complexity index is 488. The van der Waals surface area contributed by atoms with Gasteiger partial charge in [-0.3, -0.25) is 0 Å². The van der Waals surface area contributed by atoms with Gasteiger partial charge in [0.2, 0.25) is 0 Å². The Morgan fingerprint density at radius 3 is 2.56 bits per heavy atom. The molecule has 0 aliphatic carbocycles. The number of benzene rings is 1. The monoisotopic (exact) mass is 216 g/mol. The summed E-state index contributed by atoms with van der Waals surface area (Å²) in [5, 5.41) is 7.26. The average molecular weight is 216 g/mol. The maximum Gasteiger partial charge on any atom is 0.172 e. The highest BCUT2D eigenvalue weighted by Crippen LogP contribution is 2.18. The third-order valence-electron chi connectivity index (χ3n) is 2.86. The van der Waals surface area contributed by atoms with Crippen molar-refractivity contribution in [2.75, 3.05) is 5.32 Å². The van der Waals surface area contributed by atoms with E-state index < -0.39 is 0 Å². The molecule has 1 aromatic heterocycles. The van der Waals surface area contributed by atoms with Crippen molar-refractivity contribution in [2.24, 2.45) is 0 Å². The lowest BCUT2D eigenvalue weighted by atomic mass is 10.1. The Morgan fingerprint density at radius 1 is 1.19 bits per heavy atom. The lowest BCUT2D eigenvalue weighted by molar-refractivity contribution is 0.398. The van der Waals surface area contributed by atoms with Crippen LogP contribution < -0.4 is 5.32 Å². The minimum atomic E-state index is 0.777. The third kappa shape index (κ3) is 2.08. The van der Waals surface area contributed by atoms with Crippen LogP contribution >= 0.6 is 0 Å². The molecule has 0 amide bonds. The topological polar surface area (TPSA) is 38.1 Å². The average Bonchev–Trinajstić information content (AvgIpc) is 2.59. The Balaban J connectivity index is 2.08. The number of aryl methyl sites for hydroxylation is 2. The molecule has 0 bridgehead atoms. The van der Waals surface area contributed by atoms with E-state index in [2.05, 4.69) is 29.5 Å². The summed E-state index contributed by atoms with van der Waals surface area (Å²) in [6.45, 7) is 6.81. The van der Waals surface area contributed by atoms with E-state index in [-0.39, 0.29) is 0 Å². The van der Waals surface area contributed by atoms with Crippen molar-refractivity contribution in [3.05, 3.63) is 46.7 Å². The van der Waals surface area contributed by atoms with Gasteiger partial charge in [-0.25, -0.2) is 0 Å². The van der Waals surface area contributed by atoms with Crippen molar-refractivity contribution >= 4 is 5.82 Å². The molecule has 84 valence electrons. The van der Waals surface area contributed by atoms with E-state index in [1.807, 2.05) is 26.0 Å². The zero-order valence-corrected chi connectivity index (χ0v) is 9.87. The predicted octanol–water partition coefficient (Wildman–Crippen LogP) is 3.21. The predicted molar refractivity (Wildman–Crippen MR) is 64.5 cm³/mol. The highest BCUT2D eigenvalue weighted by molar-refractivity contribution is 5.44. The van der Waals surface area contributed by atoms with Gasteiger partial charge >= 0.3 is 0 Å². The second-order valence-corrected chi connectivity index (χ2v) is 3.99. The van der Waals surface area contributed by atoms with Gasteiger partial charge in [0.15, 0.2) is 5.82 Å². The fraction of sp³-hybridized carbons (Fsp3) is 0.308. The van der Waals surface area contributed by atoms with E-state index in [1.165, 1.54) is 11.1 Å². The highest BCUT2D eigenvalue weighted by atomic mass is 16.5. The van der Waals surface area contributed by atoms with Crippen molar-refractivity contribution in [2.45, 2.75) is 27.3 Å². The first-order valence-electron chi connectivity index (χ1n) is 5.39. The van der Waals surface area contributed by atoms with Crippen LogP contribution in [-0.2, 0) is 6.54 Å². The first-order valence-corrected chi connectivity index (χ1v) is 5.39. The van der Waals surface area contributed by atoms with E-state index in [0.29, 0.717) is 0 Å². The van der Waals surface area contributed by atoms with Gasteiger partial charge in [-0.2, -0.15) is 0 Å². The van der Waals surface area contributed by atoms with E-state index in [1.54, 1.807) is 0 Å². The Labute approximate surface area is 95.5 Å². The molecule has 1 heterocycles. The Hall–Kier alpha value is -1.77. The number of nitrogens with zero attached hydrogens (tertiary/aromatic N) is 1. The summed E-state index contributed by atoms with van der Waals surface area (Å²) in [6, 6.07) is 8.32. The summed E-state index contributed by atoms with van der Waals surface area (Å²) in [5.74, 6) is 1.70. The van der Waals surface area contributed by atoms with Crippen LogP contribution in [0, 0.1) is 20.8 Å². The number of nitrogens with one attached hydrogen (secondary N) is 1. The SMILES string of the molecule is Cc1ccccc1CNc1noc(C)c1C. The summed E-state index contributed by atoms with van der Waals surface area (Å²) in [6.07, 6.45) is 0. The normalized spacial score (nSPS) is 10.4. The lowest BCUT2D eigenvalue weighted by Gasteiger charge is -2.06. The largest absolute Gasteiger partial charge is 0.363 e. The van der Waals surface area contributed by atoms with Gasteiger partial charge in [0.25, 0.3) is 0 Å². The minimum Gasteiger partial charge on any atom is -0.363 e. The molecular formula is C13H16N2O. The summed E-state index contributed by atoms with van der Waals surface area (Å²) in [5.41, 5.74) is 3.64. The molecule has 0 aliphatic rings. The van der Waals surface area contributed by atoms with Crippen molar-refractivity contribution in [3.63, 3.8) is 0 Å². The van der Waals surface area contributed by atoms with E-state index in [9.17, 15) is 0 Å². The van der Waals surface area contributed by atoms with E-state index >= 15 is 0 Å². The fourth-order valence-electron chi connectivity index (χ4n) is 1.57. The van der Waals surface area contributed by atoms with Gasteiger partial charge in [0, 0.05) is 12.1 Å². The molecule has 0 spiro atoms. The number of anilines is 1. The summed E-state index contributed by atoms with van der Waals surface area (Å²) >= 11 is 0. The number of aromatic nitrogens is 1. The van der Waals surface area contributed by atoms with Gasteiger partial charge < -0.3 is 9.84 Å². The molecular weight excluding hydrogens is 200 g/mol. The fourth-order valence-corrected chi connectivity index (χ4v) is 1.57. The molecule has 16 heavy (non-hydrogen) atoms. The Morgan fingerprint density at radius 2 is 1.94 bits per heavy atom. The van der Waals surface area contributed by atoms with Crippen LogP contribution in [0.3, 0.4) is 0 Å². The number of rotatable bonds is 3. The lowest BCUT2D eigenvalue weighted by Crippen LogP contribution is -2.02. The second-order valence-electron chi connectivity index (χ2n) is 3.99. The van der Waals surface area contributed by atoms with Crippen molar-refractivity contribution < 1.29 is 4.52 Å². The van der Waals surface area contributed by atoms with Gasteiger partial charge in [-0.1, -0.05) is 29.4 Å². The Kier molecular flexibility index (Phi) is 2.95. The van der Waals surface area contributed by atoms with Crippen LogP contribution in [0.5, 0.6) is 0 Å². The molecule has 0 fully saturated rings. The molecule has 1 N–H and O–H groups in total. The van der Waals surface area contributed by atoms with Crippen molar-refractivity contribution in [3.8, 4) is 0 Å². The zero-order valence-electron chi connectivity index (χ0n) is 9.87. The quantitative estimate of drug-likeness (QED) is 0.856. The molecule has 0 unspecified atom stereocenters. The zero-order chi connectivity index (χ0) is 11.5. The first-order chi connectivity index (χ1) is 7.68. The molecule has 3 heteroatoms. The van der Waals surface area contributed by atoms with E-state index in [0.717, 1.165) is 23.7 Å². The summed E-state index contributed by atoms with van der Waals surface area (Å²) in [4.78, 5) is 0. The minimum absolute atomic E-state index is 0.777. The van der Waals surface area contributed by atoms with Crippen molar-refractivity contribution in [1.82, 2.24) is 5.16 Å². The number of hydrogen-bond acceptors (Lipinski definition) is 3.